The number of hydrogen-bond donors (Lipinski definition) is 1. The van der Waals surface area contributed by atoms with Gasteiger partial charge in [-0.15, -0.1) is 0 Å². The highest BCUT2D eigenvalue weighted by atomic mass is 35.5. The molecule has 1 aromatic carbocycles. The highest BCUT2D eigenvalue weighted by Gasteiger charge is 2.43. The number of amides is 1. The Labute approximate surface area is 182 Å². The third kappa shape index (κ3) is 4.21. The number of rotatable bonds is 5. The molecule has 0 spiro atoms. The highest BCUT2D eigenvalue weighted by molar-refractivity contribution is 6.32. The van der Waals surface area contributed by atoms with Gasteiger partial charge in [-0.05, 0) is 62.6 Å². The van der Waals surface area contributed by atoms with Crippen LogP contribution in [0.5, 0.6) is 5.75 Å². The number of aryl methyl sites for hydroxylation is 3. The van der Waals surface area contributed by atoms with Crippen LogP contribution in [-0.2, 0) is 18.3 Å². The van der Waals surface area contributed by atoms with E-state index in [0.29, 0.717) is 36.1 Å². The van der Waals surface area contributed by atoms with Crippen molar-refractivity contribution in [3.8, 4) is 5.75 Å². The number of aromatic nitrogens is 2. The maximum absolute atomic E-state index is 12.8. The van der Waals surface area contributed by atoms with E-state index >= 15 is 0 Å². The zero-order valence-corrected chi connectivity index (χ0v) is 18.6. The molecule has 6 nitrogen and oxygen atoms in total. The smallest absolute Gasteiger partial charge is 0.222 e. The zero-order chi connectivity index (χ0) is 21.4. The van der Waals surface area contributed by atoms with Crippen LogP contribution in [0.4, 0.5) is 0 Å². The van der Waals surface area contributed by atoms with Gasteiger partial charge in [0, 0.05) is 44.0 Å². The lowest BCUT2D eigenvalue weighted by Gasteiger charge is -2.35. The van der Waals surface area contributed by atoms with Crippen LogP contribution in [0.15, 0.2) is 24.4 Å². The van der Waals surface area contributed by atoms with Crippen LogP contribution in [0.25, 0.3) is 0 Å². The van der Waals surface area contributed by atoms with Crippen molar-refractivity contribution in [3.05, 3.63) is 46.2 Å². The molecule has 1 saturated heterocycles. The van der Waals surface area contributed by atoms with Gasteiger partial charge in [-0.2, -0.15) is 5.10 Å². The second kappa shape index (κ2) is 8.60. The van der Waals surface area contributed by atoms with Crippen molar-refractivity contribution in [2.45, 2.75) is 51.7 Å². The number of carbonyl (C=O) groups excluding carboxylic acids is 1. The van der Waals surface area contributed by atoms with Crippen LogP contribution in [0, 0.1) is 25.7 Å². The number of ether oxygens (including phenoxy) is 1. The quantitative estimate of drug-likeness (QED) is 0.788. The number of nitrogens with zero attached hydrogens (tertiary/aromatic N) is 3. The van der Waals surface area contributed by atoms with E-state index in [2.05, 4.69) is 5.10 Å². The molecule has 1 aliphatic carbocycles. The Bertz CT molecular complexity index is 928. The van der Waals surface area contributed by atoms with Crippen molar-refractivity contribution in [1.29, 1.82) is 0 Å². The lowest BCUT2D eigenvalue weighted by molar-refractivity contribution is -0.130. The van der Waals surface area contributed by atoms with Crippen molar-refractivity contribution >= 4 is 17.5 Å². The first-order valence-corrected chi connectivity index (χ1v) is 11.1. The van der Waals surface area contributed by atoms with Gasteiger partial charge in [0.1, 0.15) is 11.9 Å². The molecule has 2 heterocycles. The fraction of sp³-hybridized carbons (Fsp3) is 0.565. The van der Waals surface area contributed by atoms with E-state index < -0.39 is 6.10 Å². The van der Waals surface area contributed by atoms with E-state index in [-0.39, 0.29) is 12.0 Å². The third-order valence-corrected chi connectivity index (χ3v) is 7.34. The molecule has 4 rings (SSSR count). The van der Waals surface area contributed by atoms with Gasteiger partial charge in [0.25, 0.3) is 0 Å². The minimum Gasteiger partial charge on any atom is -0.487 e. The lowest BCUT2D eigenvalue weighted by atomic mass is 9.78. The average molecular weight is 432 g/mol. The summed E-state index contributed by atoms with van der Waals surface area (Å²) in [6.45, 7) is 5.39. The van der Waals surface area contributed by atoms with Gasteiger partial charge in [-0.3, -0.25) is 9.48 Å². The maximum atomic E-state index is 12.8. The monoisotopic (exact) mass is 431 g/mol. The second-order valence-electron chi connectivity index (χ2n) is 8.78. The molecule has 1 saturated carbocycles. The number of likely N-dealkylation sites (tertiary alicyclic amines) is 1. The summed E-state index contributed by atoms with van der Waals surface area (Å²) in [5, 5.41) is 15.6. The number of hydrogen-bond acceptors (Lipinski definition) is 4. The Morgan fingerprint density at radius 2 is 1.97 bits per heavy atom. The van der Waals surface area contributed by atoms with Crippen LogP contribution in [0.1, 0.15) is 36.1 Å². The predicted octanol–water partition coefficient (Wildman–Crippen LogP) is 3.30. The third-order valence-electron chi connectivity index (χ3n) is 6.76. The summed E-state index contributed by atoms with van der Waals surface area (Å²) in [4.78, 5) is 14.7. The zero-order valence-electron chi connectivity index (χ0n) is 17.8. The molecule has 0 bridgehead atoms. The van der Waals surface area contributed by atoms with E-state index in [4.69, 9.17) is 16.3 Å². The molecular formula is C23H30ClN3O3. The molecule has 1 amide bonds. The minimum atomic E-state index is -0.532. The number of fused-ring (bicyclic) bond motifs is 1. The van der Waals surface area contributed by atoms with Crippen molar-refractivity contribution in [3.63, 3.8) is 0 Å². The molecule has 30 heavy (non-hydrogen) atoms. The maximum Gasteiger partial charge on any atom is 0.222 e. The first-order chi connectivity index (χ1) is 14.3. The highest BCUT2D eigenvalue weighted by Crippen LogP contribution is 2.39. The van der Waals surface area contributed by atoms with Gasteiger partial charge < -0.3 is 14.7 Å². The summed E-state index contributed by atoms with van der Waals surface area (Å²) in [5.74, 6) is 1.61. The molecule has 1 N–H and O–H groups in total. The number of halogens is 1. The van der Waals surface area contributed by atoms with Gasteiger partial charge in [-0.25, -0.2) is 0 Å². The van der Waals surface area contributed by atoms with E-state index in [1.807, 2.05) is 48.7 Å². The van der Waals surface area contributed by atoms with Gasteiger partial charge in [0.05, 0.1) is 11.1 Å². The average Bonchev–Trinajstić information content (AvgIpc) is 3.32. The summed E-state index contributed by atoms with van der Waals surface area (Å²) in [6.07, 6.45) is 3.56. The summed E-state index contributed by atoms with van der Waals surface area (Å²) in [5.41, 5.74) is 2.99. The summed E-state index contributed by atoms with van der Waals surface area (Å²) in [6, 6.07) is 5.83. The van der Waals surface area contributed by atoms with Crippen LogP contribution in [0.2, 0.25) is 5.02 Å². The molecule has 7 heteroatoms. The predicted molar refractivity (Wildman–Crippen MR) is 116 cm³/mol. The summed E-state index contributed by atoms with van der Waals surface area (Å²) < 4.78 is 8.01. The van der Waals surface area contributed by atoms with E-state index in [9.17, 15) is 9.90 Å². The van der Waals surface area contributed by atoms with Gasteiger partial charge >= 0.3 is 0 Å². The Morgan fingerprint density at radius 3 is 2.67 bits per heavy atom. The van der Waals surface area contributed by atoms with Crippen LogP contribution in [0.3, 0.4) is 0 Å². The molecule has 0 radical (unpaired) electrons. The molecule has 1 aliphatic heterocycles. The number of benzene rings is 1. The minimum absolute atomic E-state index is 0.179. The number of aliphatic hydroxyl groups is 1. The van der Waals surface area contributed by atoms with E-state index in [1.165, 1.54) is 0 Å². The fourth-order valence-corrected chi connectivity index (χ4v) is 5.01. The van der Waals surface area contributed by atoms with Crippen molar-refractivity contribution in [1.82, 2.24) is 14.7 Å². The largest absolute Gasteiger partial charge is 0.487 e. The van der Waals surface area contributed by atoms with Crippen LogP contribution < -0.4 is 4.74 Å². The summed E-state index contributed by atoms with van der Waals surface area (Å²) in [7, 11) is 1.90. The first kappa shape index (κ1) is 21.2. The van der Waals surface area contributed by atoms with Crippen LogP contribution in [-0.4, -0.2) is 51.0 Å². The Balaban J connectivity index is 1.36. The molecule has 2 aromatic rings. The Hall–Kier alpha value is -2.05. The number of aliphatic hydroxyl groups excluding tert-OH is 1. The SMILES string of the molecule is Cc1ccc(O[C@@H]2C[C@@H]3CN(C(=O)CCc4ccnn4C)C[C@@H]3C[C@H]2O)c(C)c1Cl. The molecule has 2 aliphatic rings. The first-order valence-electron chi connectivity index (χ1n) is 10.7. The Kier molecular flexibility index (Phi) is 6.07. The van der Waals surface area contributed by atoms with Crippen molar-refractivity contribution in [2.24, 2.45) is 18.9 Å². The second-order valence-corrected chi connectivity index (χ2v) is 9.16. The molecule has 1 aromatic heterocycles. The van der Waals surface area contributed by atoms with Gasteiger partial charge in [0.2, 0.25) is 5.91 Å². The van der Waals surface area contributed by atoms with Crippen LogP contribution >= 0.6 is 11.6 Å². The molecule has 0 unspecified atom stereocenters. The van der Waals surface area contributed by atoms with Crippen molar-refractivity contribution < 1.29 is 14.6 Å². The molecular weight excluding hydrogens is 402 g/mol. The number of carbonyl (C=O) groups is 1. The summed E-state index contributed by atoms with van der Waals surface area (Å²) >= 11 is 6.36. The van der Waals surface area contributed by atoms with Gasteiger partial charge in [0.15, 0.2) is 0 Å². The molecule has 2 fully saturated rings. The molecule has 162 valence electrons. The lowest BCUT2D eigenvalue weighted by Crippen LogP contribution is -2.42. The normalized spacial score (nSPS) is 26.0. The fourth-order valence-electron chi connectivity index (χ4n) is 4.85. The van der Waals surface area contributed by atoms with E-state index in [0.717, 1.165) is 42.1 Å². The standard InChI is InChI=1S/C23H30ClN3O3/c1-14-4-6-20(15(2)23(14)24)30-21-11-17-13-27(12-16(17)10-19(21)28)22(29)7-5-18-8-9-25-26(18)3/h4,6,8-9,16-17,19,21,28H,5,7,10-13H2,1-3H3/t16-,17+,19+,21+/m0/s1. The topological polar surface area (TPSA) is 67.6 Å². The van der Waals surface area contributed by atoms with E-state index in [1.54, 1.807) is 6.20 Å². The Morgan fingerprint density at radius 1 is 1.23 bits per heavy atom. The van der Waals surface area contributed by atoms with Gasteiger partial charge in [-0.1, -0.05) is 17.7 Å². The van der Waals surface area contributed by atoms with Crippen molar-refractivity contribution in [2.75, 3.05) is 13.1 Å². The molecule has 4 atom stereocenters.